The average Bonchev–Trinajstić information content (AvgIpc) is 3.86. The minimum atomic E-state index is -0.255. The molecule has 0 radical (unpaired) electrons. The number of nitrogens with zero attached hydrogens (tertiary/aromatic N) is 6. The summed E-state index contributed by atoms with van der Waals surface area (Å²) in [4.78, 5) is 43.9. The van der Waals surface area contributed by atoms with Crippen LogP contribution in [0.5, 0.6) is 5.75 Å². The van der Waals surface area contributed by atoms with Crippen LogP contribution < -0.4 is 15.4 Å². The second-order valence-electron chi connectivity index (χ2n) is 13.1. The summed E-state index contributed by atoms with van der Waals surface area (Å²) in [6, 6.07) is 16.3. The van der Waals surface area contributed by atoms with E-state index in [9.17, 15) is 9.59 Å². The molecule has 4 heterocycles. The molecule has 0 fully saturated rings. The number of aryl methyl sites for hydroxylation is 2. The first-order valence-electron chi connectivity index (χ1n) is 17.4. The lowest BCUT2D eigenvalue weighted by Crippen LogP contribution is -2.26. The summed E-state index contributed by atoms with van der Waals surface area (Å²) in [5.74, 6) is 0.639. The van der Waals surface area contributed by atoms with Gasteiger partial charge in [-0.15, -0.1) is 0 Å². The van der Waals surface area contributed by atoms with E-state index < -0.39 is 0 Å². The summed E-state index contributed by atoms with van der Waals surface area (Å²) in [5.41, 5.74) is 9.59. The van der Waals surface area contributed by atoms with Crippen molar-refractivity contribution in [2.75, 3.05) is 13.2 Å². The molecule has 11 heteroatoms. The Balaban J connectivity index is 0.945. The van der Waals surface area contributed by atoms with Gasteiger partial charge in [0.2, 0.25) is 0 Å². The van der Waals surface area contributed by atoms with Crippen LogP contribution in [-0.4, -0.2) is 53.7 Å². The topological polar surface area (TPSA) is 128 Å². The van der Waals surface area contributed by atoms with Gasteiger partial charge in [-0.05, 0) is 91.5 Å². The van der Waals surface area contributed by atoms with Crippen LogP contribution in [0.2, 0.25) is 0 Å². The molecule has 0 saturated heterocycles. The fourth-order valence-corrected chi connectivity index (χ4v) is 6.72. The number of unbranched alkanes of at least 4 members (excludes halogenated alkanes) is 2. The molecule has 2 N–H and O–H groups in total. The third kappa shape index (κ3) is 6.94. The molecule has 1 aliphatic rings. The molecule has 0 saturated carbocycles. The van der Waals surface area contributed by atoms with Gasteiger partial charge in [0.05, 0.1) is 6.61 Å². The third-order valence-electron chi connectivity index (χ3n) is 9.54. The fourth-order valence-electron chi connectivity index (χ4n) is 6.72. The third-order valence-corrected chi connectivity index (χ3v) is 9.54. The number of nitrogens with one attached hydrogen (secondary N) is 2. The Hall–Kier alpha value is -5.58. The largest absolute Gasteiger partial charge is 0.494 e. The molecule has 1 atom stereocenters. The van der Waals surface area contributed by atoms with Crippen molar-refractivity contribution in [1.29, 1.82) is 0 Å². The van der Waals surface area contributed by atoms with Crippen molar-refractivity contribution < 1.29 is 14.3 Å². The molecule has 1 aliphatic carbocycles. The van der Waals surface area contributed by atoms with Gasteiger partial charge in [0.15, 0.2) is 22.7 Å². The van der Waals surface area contributed by atoms with Crippen LogP contribution in [-0.2, 0) is 25.8 Å². The molecule has 0 bridgehead atoms. The average molecular weight is 671 g/mol. The Morgan fingerprint density at radius 1 is 0.860 bits per heavy atom. The first kappa shape index (κ1) is 32.9. The molecular formula is C39H42N8O3. The van der Waals surface area contributed by atoms with E-state index in [2.05, 4.69) is 57.6 Å². The number of benzene rings is 2. The zero-order valence-electron chi connectivity index (χ0n) is 28.8. The molecule has 0 aliphatic heterocycles. The van der Waals surface area contributed by atoms with Crippen LogP contribution in [0, 0.1) is 13.8 Å². The van der Waals surface area contributed by atoms with Crippen LogP contribution in [0.3, 0.4) is 0 Å². The minimum absolute atomic E-state index is 0.223. The van der Waals surface area contributed by atoms with Crippen molar-refractivity contribution in [2.24, 2.45) is 0 Å². The van der Waals surface area contributed by atoms with E-state index in [1.54, 1.807) is 17.1 Å². The lowest BCUT2D eigenvalue weighted by molar-refractivity contribution is 0.0941. The number of hydrogen-bond donors (Lipinski definition) is 2. The molecule has 2 amide bonds. The van der Waals surface area contributed by atoms with Crippen LogP contribution in [0.25, 0.3) is 11.3 Å². The molecule has 256 valence electrons. The lowest BCUT2D eigenvalue weighted by atomic mass is 9.96. The van der Waals surface area contributed by atoms with Gasteiger partial charge in [-0.1, -0.05) is 50.1 Å². The second kappa shape index (κ2) is 14.5. The molecule has 0 spiro atoms. The standard InChI is InChI=1S/C39H42N8O3/c1-4-5-6-17-50-32-11-8-28(9-12-32)21-42-39(49)34-36-41-22-33(26(3)47(36)24-44-34)31-19-29-10-7-27(18-30(29)20-31)13-15-40-38(48)35-37-45-25(2)14-16-46(37)23-43-35/h7-12,14,16,18,22-24,31H,4-6,13,15,17,19-21H2,1-3H3,(H,40,48)(H,42,49). The molecular weight excluding hydrogens is 628 g/mol. The van der Waals surface area contributed by atoms with Crippen LogP contribution >= 0.6 is 0 Å². The van der Waals surface area contributed by atoms with Gasteiger partial charge < -0.3 is 15.4 Å². The van der Waals surface area contributed by atoms with E-state index >= 15 is 0 Å². The summed E-state index contributed by atoms with van der Waals surface area (Å²) < 4.78 is 9.47. The molecule has 6 aromatic rings. The molecule has 11 nitrogen and oxygen atoms in total. The Labute approximate surface area is 291 Å². The van der Waals surface area contributed by atoms with Gasteiger partial charge in [-0.2, -0.15) is 0 Å². The van der Waals surface area contributed by atoms with E-state index in [4.69, 9.17) is 9.72 Å². The van der Waals surface area contributed by atoms with Crippen molar-refractivity contribution in [1.82, 2.24) is 39.4 Å². The van der Waals surface area contributed by atoms with Crippen molar-refractivity contribution in [3.05, 3.63) is 124 Å². The van der Waals surface area contributed by atoms with Gasteiger partial charge in [0.1, 0.15) is 18.4 Å². The maximum atomic E-state index is 13.2. The Kier molecular flexibility index (Phi) is 9.55. The zero-order chi connectivity index (χ0) is 34.6. The summed E-state index contributed by atoms with van der Waals surface area (Å²) in [7, 11) is 0. The van der Waals surface area contributed by atoms with Crippen molar-refractivity contribution in [3.8, 4) is 5.75 Å². The number of carbonyl (C=O) groups excluding carboxylic acids is 2. The summed E-state index contributed by atoms with van der Waals surface area (Å²) in [6.07, 6.45) is 13.0. The predicted octanol–water partition coefficient (Wildman–Crippen LogP) is 5.74. The van der Waals surface area contributed by atoms with E-state index in [0.29, 0.717) is 48.8 Å². The monoisotopic (exact) mass is 670 g/mol. The minimum Gasteiger partial charge on any atom is -0.494 e. The Morgan fingerprint density at radius 2 is 1.62 bits per heavy atom. The smallest absolute Gasteiger partial charge is 0.274 e. The highest BCUT2D eigenvalue weighted by Crippen LogP contribution is 2.36. The van der Waals surface area contributed by atoms with Crippen LogP contribution in [0.15, 0.2) is 73.6 Å². The van der Waals surface area contributed by atoms with E-state index in [-0.39, 0.29) is 17.7 Å². The highest BCUT2D eigenvalue weighted by Gasteiger charge is 2.27. The number of hydrogen-bond acceptors (Lipinski definition) is 7. The molecule has 1 unspecified atom stereocenters. The highest BCUT2D eigenvalue weighted by molar-refractivity contribution is 5.98. The van der Waals surface area contributed by atoms with Gasteiger partial charge in [-0.25, -0.2) is 19.9 Å². The summed E-state index contributed by atoms with van der Waals surface area (Å²) >= 11 is 0. The van der Waals surface area contributed by atoms with E-state index in [1.165, 1.54) is 16.7 Å². The van der Waals surface area contributed by atoms with Gasteiger partial charge in [-0.3, -0.25) is 18.4 Å². The van der Waals surface area contributed by atoms with E-state index in [1.807, 2.05) is 54.0 Å². The fraction of sp³-hybridized carbons (Fsp3) is 0.333. The zero-order valence-corrected chi connectivity index (χ0v) is 28.8. The maximum Gasteiger partial charge on any atom is 0.274 e. The number of fused-ring (bicyclic) bond motifs is 3. The molecule has 50 heavy (non-hydrogen) atoms. The lowest BCUT2D eigenvalue weighted by Gasteiger charge is -2.14. The molecule has 4 aromatic heterocycles. The number of carbonyl (C=O) groups is 2. The summed E-state index contributed by atoms with van der Waals surface area (Å²) in [5, 5.41) is 5.99. The SMILES string of the molecule is CCCCCOc1ccc(CNC(=O)c2ncn3c(C)c(C4Cc5ccc(CCNC(=O)c6ncn7ccc(C)nc67)cc5C4)cnc23)cc1. The van der Waals surface area contributed by atoms with Gasteiger partial charge >= 0.3 is 0 Å². The molecule has 7 rings (SSSR count). The normalized spacial score (nSPS) is 13.9. The number of aromatic nitrogens is 6. The maximum absolute atomic E-state index is 13.2. The van der Waals surface area contributed by atoms with Crippen molar-refractivity contribution >= 4 is 23.1 Å². The number of imidazole rings is 2. The van der Waals surface area contributed by atoms with Crippen LogP contribution in [0.4, 0.5) is 0 Å². The van der Waals surface area contributed by atoms with Crippen LogP contribution in [0.1, 0.15) is 92.3 Å². The Bertz CT molecular complexity index is 2170. The van der Waals surface area contributed by atoms with E-state index in [0.717, 1.165) is 60.4 Å². The van der Waals surface area contributed by atoms with Gasteiger partial charge in [0.25, 0.3) is 11.8 Å². The number of ether oxygens (including phenoxy) is 1. The van der Waals surface area contributed by atoms with Crippen molar-refractivity contribution in [3.63, 3.8) is 0 Å². The van der Waals surface area contributed by atoms with Gasteiger partial charge in [0, 0.05) is 36.9 Å². The first-order chi connectivity index (χ1) is 24.4. The quantitative estimate of drug-likeness (QED) is 0.150. The second-order valence-corrected chi connectivity index (χ2v) is 13.1. The molecule has 2 aromatic carbocycles. The Morgan fingerprint density at radius 3 is 2.46 bits per heavy atom. The van der Waals surface area contributed by atoms with Crippen molar-refractivity contribution in [2.45, 2.75) is 71.8 Å². The predicted molar refractivity (Wildman–Crippen MR) is 191 cm³/mol. The number of amides is 2. The number of rotatable bonds is 13. The summed E-state index contributed by atoms with van der Waals surface area (Å²) in [6.45, 7) is 7.74. The first-order valence-corrected chi connectivity index (χ1v) is 17.4. The highest BCUT2D eigenvalue weighted by atomic mass is 16.5.